The number of hydrogen-bond acceptors (Lipinski definition) is 3. The Morgan fingerprint density at radius 1 is 1.12 bits per heavy atom. The van der Waals surface area contributed by atoms with E-state index in [2.05, 4.69) is 26.5 Å². The Morgan fingerprint density at radius 3 is 2.75 bits per heavy atom. The minimum Gasteiger partial charge on any atom is -0.496 e. The van der Waals surface area contributed by atoms with Crippen LogP contribution in [-0.4, -0.2) is 19.2 Å². The van der Waals surface area contributed by atoms with Crippen molar-refractivity contribution in [3.8, 4) is 5.75 Å². The maximum absolute atomic E-state index is 12.4. The van der Waals surface area contributed by atoms with Gasteiger partial charge in [0.05, 0.1) is 13.3 Å². The molecule has 24 heavy (non-hydrogen) atoms. The molecule has 0 aliphatic heterocycles. The lowest BCUT2D eigenvalue weighted by Gasteiger charge is -2.06. The second-order valence-electron chi connectivity index (χ2n) is 5.11. The van der Waals surface area contributed by atoms with E-state index >= 15 is 0 Å². The highest BCUT2D eigenvalue weighted by atomic mass is 79.9. The van der Waals surface area contributed by atoms with E-state index in [0.717, 1.165) is 20.8 Å². The lowest BCUT2D eigenvalue weighted by Crippen LogP contribution is -2.18. The van der Waals surface area contributed by atoms with Crippen LogP contribution in [0.4, 0.5) is 0 Å². The molecule has 1 amide bonds. The highest BCUT2D eigenvalue weighted by molar-refractivity contribution is 9.10. The van der Waals surface area contributed by atoms with Gasteiger partial charge >= 0.3 is 0 Å². The van der Waals surface area contributed by atoms with Gasteiger partial charge in [0.1, 0.15) is 5.75 Å². The summed E-state index contributed by atoms with van der Waals surface area (Å²) in [5, 5.41) is 5.96. The molecule has 5 heteroatoms. The van der Waals surface area contributed by atoms with Crippen LogP contribution >= 0.6 is 15.9 Å². The lowest BCUT2D eigenvalue weighted by molar-refractivity contribution is 0.0957. The number of nitrogens with one attached hydrogen (secondary N) is 1. The molecular weight excluding hydrogens is 368 g/mol. The van der Waals surface area contributed by atoms with E-state index in [0.29, 0.717) is 11.3 Å². The van der Waals surface area contributed by atoms with Gasteiger partial charge in [-0.15, -0.1) is 0 Å². The van der Waals surface area contributed by atoms with Crippen molar-refractivity contribution >= 4 is 38.8 Å². The smallest absolute Gasteiger partial charge is 0.271 e. The molecule has 0 bridgehead atoms. The van der Waals surface area contributed by atoms with Crippen molar-refractivity contribution in [2.24, 2.45) is 5.10 Å². The molecule has 0 fully saturated rings. The molecule has 0 aromatic heterocycles. The first-order valence-electron chi connectivity index (χ1n) is 7.34. The minimum atomic E-state index is -0.253. The van der Waals surface area contributed by atoms with Gasteiger partial charge in [0.15, 0.2) is 0 Å². The number of hydrazone groups is 1. The number of carbonyl (C=O) groups excluding carboxylic acids is 1. The number of carbonyl (C=O) groups is 1. The fourth-order valence-corrected chi connectivity index (χ4v) is 2.83. The first kappa shape index (κ1) is 16.2. The summed E-state index contributed by atoms with van der Waals surface area (Å²) in [7, 11) is 1.59. The SMILES string of the molecule is COc1ccc(Br)cc1C=NNC(=O)c1cccc2ccccc12. The van der Waals surface area contributed by atoms with Crippen LogP contribution in [-0.2, 0) is 0 Å². The molecule has 0 unspecified atom stereocenters. The summed E-state index contributed by atoms with van der Waals surface area (Å²) in [5.74, 6) is 0.429. The minimum absolute atomic E-state index is 0.253. The summed E-state index contributed by atoms with van der Waals surface area (Å²) in [6.07, 6.45) is 1.56. The molecule has 0 atom stereocenters. The van der Waals surface area contributed by atoms with Gasteiger partial charge in [0.25, 0.3) is 5.91 Å². The van der Waals surface area contributed by atoms with Crippen molar-refractivity contribution in [1.29, 1.82) is 0 Å². The number of ether oxygens (including phenoxy) is 1. The Kier molecular flexibility index (Phi) is 4.91. The van der Waals surface area contributed by atoms with E-state index < -0.39 is 0 Å². The molecule has 3 aromatic rings. The summed E-state index contributed by atoms with van der Waals surface area (Å²) in [4.78, 5) is 12.4. The van der Waals surface area contributed by atoms with E-state index in [-0.39, 0.29) is 5.91 Å². The van der Waals surface area contributed by atoms with Gasteiger partial charge in [-0.05, 0) is 35.0 Å². The number of methoxy groups -OCH3 is 1. The summed E-state index contributed by atoms with van der Waals surface area (Å²) in [6.45, 7) is 0. The van der Waals surface area contributed by atoms with E-state index in [4.69, 9.17) is 4.74 Å². The number of amides is 1. The van der Waals surface area contributed by atoms with Crippen LogP contribution in [0.2, 0.25) is 0 Å². The highest BCUT2D eigenvalue weighted by Crippen LogP contribution is 2.21. The molecule has 0 saturated carbocycles. The van der Waals surface area contributed by atoms with Crippen molar-refractivity contribution in [3.63, 3.8) is 0 Å². The molecule has 120 valence electrons. The average molecular weight is 383 g/mol. The fourth-order valence-electron chi connectivity index (χ4n) is 2.45. The normalized spacial score (nSPS) is 10.9. The number of halogens is 1. The zero-order valence-electron chi connectivity index (χ0n) is 13.0. The molecule has 0 spiro atoms. The van der Waals surface area contributed by atoms with Gasteiger partial charge in [0, 0.05) is 15.6 Å². The maximum atomic E-state index is 12.4. The summed E-state index contributed by atoms with van der Waals surface area (Å²) in [5.41, 5.74) is 3.93. The summed E-state index contributed by atoms with van der Waals surface area (Å²) < 4.78 is 6.18. The molecule has 3 aromatic carbocycles. The monoisotopic (exact) mass is 382 g/mol. The van der Waals surface area contributed by atoms with E-state index in [9.17, 15) is 4.79 Å². The van der Waals surface area contributed by atoms with Crippen LogP contribution in [0.15, 0.2) is 70.2 Å². The van der Waals surface area contributed by atoms with Gasteiger partial charge in [-0.3, -0.25) is 4.79 Å². The van der Waals surface area contributed by atoms with Crippen LogP contribution in [0.3, 0.4) is 0 Å². The fraction of sp³-hybridized carbons (Fsp3) is 0.0526. The maximum Gasteiger partial charge on any atom is 0.271 e. The van der Waals surface area contributed by atoms with Crippen molar-refractivity contribution in [1.82, 2.24) is 5.43 Å². The Morgan fingerprint density at radius 2 is 1.92 bits per heavy atom. The quantitative estimate of drug-likeness (QED) is 0.537. The lowest BCUT2D eigenvalue weighted by atomic mass is 10.0. The van der Waals surface area contributed by atoms with Crippen LogP contribution in [0.5, 0.6) is 5.75 Å². The number of benzene rings is 3. The predicted molar refractivity (Wildman–Crippen MR) is 99.7 cm³/mol. The van der Waals surface area contributed by atoms with Crippen molar-refractivity contribution < 1.29 is 9.53 Å². The molecule has 0 saturated heterocycles. The third kappa shape index (κ3) is 3.46. The van der Waals surface area contributed by atoms with Gasteiger partial charge in [-0.1, -0.05) is 52.3 Å². The van der Waals surface area contributed by atoms with E-state index in [1.54, 1.807) is 19.4 Å². The van der Waals surface area contributed by atoms with Gasteiger partial charge in [-0.25, -0.2) is 5.43 Å². The first-order chi connectivity index (χ1) is 11.7. The summed E-state index contributed by atoms with van der Waals surface area (Å²) >= 11 is 3.41. The average Bonchev–Trinajstić information content (AvgIpc) is 2.61. The second-order valence-corrected chi connectivity index (χ2v) is 6.03. The third-order valence-electron chi connectivity index (χ3n) is 3.60. The van der Waals surface area contributed by atoms with E-state index in [1.807, 2.05) is 54.6 Å². The third-order valence-corrected chi connectivity index (χ3v) is 4.09. The zero-order valence-corrected chi connectivity index (χ0v) is 14.6. The number of hydrogen-bond donors (Lipinski definition) is 1. The van der Waals surface area contributed by atoms with Crippen LogP contribution in [0.25, 0.3) is 10.8 Å². The van der Waals surface area contributed by atoms with E-state index in [1.165, 1.54) is 0 Å². The Hall–Kier alpha value is -2.66. The molecule has 3 rings (SSSR count). The van der Waals surface area contributed by atoms with Crippen molar-refractivity contribution in [2.45, 2.75) is 0 Å². The zero-order chi connectivity index (χ0) is 16.9. The van der Waals surface area contributed by atoms with Crippen molar-refractivity contribution in [3.05, 3.63) is 76.3 Å². The Balaban J connectivity index is 1.81. The topological polar surface area (TPSA) is 50.7 Å². The number of fused-ring (bicyclic) bond motifs is 1. The first-order valence-corrected chi connectivity index (χ1v) is 8.13. The number of rotatable bonds is 4. The number of nitrogens with zero attached hydrogens (tertiary/aromatic N) is 1. The van der Waals surface area contributed by atoms with Gasteiger partial charge in [-0.2, -0.15) is 5.10 Å². The molecule has 1 N–H and O–H groups in total. The van der Waals surface area contributed by atoms with Gasteiger partial charge < -0.3 is 4.74 Å². The van der Waals surface area contributed by atoms with Crippen molar-refractivity contribution in [2.75, 3.05) is 7.11 Å². The largest absolute Gasteiger partial charge is 0.496 e. The molecule has 0 aliphatic rings. The standard InChI is InChI=1S/C19H15BrN2O2/c1-24-18-10-9-15(20)11-14(18)12-21-22-19(23)17-8-4-6-13-5-2-3-7-16(13)17/h2-12H,1H3,(H,22,23). The van der Waals surface area contributed by atoms with Gasteiger partial charge in [0.2, 0.25) is 0 Å². The molecular formula is C19H15BrN2O2. The highest BCUT2D eigenvalue weighted by Gasteiger charge is 2.08. The Labute approximate surface area is 148 Å². The summed E-state index contributed by atoms with van der Waals surface area (Å²) in [6, 6.07) is 19.0. The molecule has 0 radical (unpaired) electrons. The molecule has 0 heterocycles. The second kappa shape index (κ2) is 7.27. The Bertz CT molecular complexity index is 917. The van der Waals surface area contributed by atoms with Crippen LogP contribution < -0.4 is 10.2 Å². The van der Waals surface area contributed by atoms with Crippen LogP contribution in [0.1, 0.15) is 15.9 Å². The van der Waals surface area contributed by atoms with Crippen LogP contribution in [0, 0.1) is 0 Å². The molecule has 4 nitrogen and oxygen atoms in total. The predicted octanol–water partition coefficient (Wildman–Crippen LogP) is 4.37. The molecule has 0 aliphatic carbocycles.